The van der Waals surface area contributed by atoms with Crippen LogP contribution in [0.3, 0.4) is 0 Å². The van der Waals surface area contributed by atoms with Crippen molar-refractivity contribution in [2.24, 2.45) is 0 Å². The Bertz CT molecular complexity index is 729. The number of hydrogen-bond acceptors (Lipinski definition) is 7. The van der Waals surface area contributed by atoms with Gasteiger partial charge in [-0.2, -0.15) is 10.1 Å². The SMILES string of the molecule is C[C@@H]1COCCN1c1cc(C2(O)CCCCC2)nc(Nc2ccn[nH]2)n1. The highest BCUT2D eigenvalue weighted by atomic mass is 16.5. The molecule has 26 heavy (non-hydrogen) atoms. The second-order valence-electron chi connectivity index (χ2n) is 7.24. The van der Waals surface area contributed by atoms with Crippen LogP contribution in [0, 0.1) is 0 Å². The Morgan fingerprint density at radius 3 is 2.88 bits per heavy atom. The van der Waals surface area contributed by atoms with Crippen LogP contribution < -0.4 is 10.2 Å². The normalized spacial score (nSPS) is 23.0. The quantitative estimate of drug-likeness (QED) is 0.771. The van der Waals surface area contributed by atoms with Crippen LogP contribution in [0.5, 0.6) is 0 Å². The van der Waals surface area contributed by atoms with Gasteiger partial charge in [0.1, 0.15) is 17.2 Å². The van der Waals surface area contributed by atoms with Crippen LogP contribution in [-0.2, 0) is 10.3 Å². The van der Waals surface area contributed by atoms with E-state index in [0.717, 1.165) is 43.9 Å². The Morgan fingerprint density at radius 2 is 2.15 bits per heavy atom. The Balaban J connectivity index is 1.71. The minimum Gasteiger partial charge on any atom is -0.384 e. The van der Waals surface area contributed by atoms with E-state index in [9.17, 15) is 5.11 Å². The van der Waals surface area contributed by atoms with Gasteiger partial charge in [-0.25, -0.2) is 4.98 Å². The van der Waals surface area contributed by atoms with Crippen molar-refractivity contribution in [2.75, 3.05) is 30.0 Å². The smallest absolute Gasteiger partial charge is 0.230 e. The highest BCUT2D eigenvalue weighted by Crippen LogP contribution is 2.37. The van der Waals surface area contributed by atoms with E-state index in [1.165, 1.54) is 6.42 Å². The average Bonchev–Trinajstić information content (AvgIpc) is 3.15. The molecule has 3 N–H and O–H groups in total. The molecule has 1 atom stereocenters. The monoisotopic (exact) mass is 358 g/mol. The van der Waals surface area contributed by atoms with Crippen LogP contribution in [0.25, 0.3) is 0 Å². The summed E-state index contributed by atoms with van der Waals surface area (Å²) in [5.74, 6) is 2.02. The first-order valence-electron chi connectivity index (χ1n) is 9.37. The Kier molecular flexibility index (Phi) is 4.78. The van der Waals surface area contributed by atoms with Gasteiger partial charge in [0.25, 0.3) is 0 Å². The molecular formula is C18H26N6O2. The molecule has 8 heteroatoms. The number of hydrogen-bond donors (Lipinski definition) is 3. The van der Waals surface area contributed by atoms with E-state index in [2.05, 4.69) is 32.3 Å². The molecule has 2 aliphatic rings. The van der Waals surface area contributed by atoms with Crippen LogP contribution in [0.4, 0.5) is 17.6 Å². The van der Waals surface area contributed by atoms with E-state index in [0.29, 0.717) is 24.9 Å². The third kappa shape index (κ3) is 3.52. The zero-order valence-corrected chi connectivity index (χ0v) is 15.1. The summed E-state index contributed by atoms with van der Waals surface area (Å²) in [6.45, 7) is 4.25. The van der Waals surface area contributed by atoms with E-state index >= 15 is 0 Å². The lowest BCUT2D eigenvalue weighted by atomic mass is 9.82. The van der Waals surface area contributed by atoms with Gasteiger partial charge < -0.3 is 20.1 Å². The third-order valence-electron chi connectivity index (χ3n) is 5.28. The van der Waals surface area contributed by atoms with E-state index in [1.54, 1.807) is 6.20 Å². The molecule has 2 fully saturated rings. The summed E-state index contributed by atoms with van der Waals surface area (Å²) in [6.07, 6.45) is 6.36. The van der Waals surface area contributed by atoms with Crippen molar-refractivity contribution in [3.05, 3.63) is 24.0 Å². The second-order valence-corrected chi connectivity index (χ2v) is 7.24. The molecule has 0 bridgehead atoms. The topological polar surface area (TPSA) is 99.2 Å². The molecule has 1 saturated heterocycles. The molecule has 0 aromatic carbocycles. The minimum atomic E-state index is -0.879. The van der Waals surface area contributed by atoms with Crippen molar-refractivity contribution in [3.8, 4) is 0 Å². The predicted octanol–water partition coefficient (Wildman–Crippen LogP) is 2.32. The number of ether oxygens (including phenoxy) is 1. The molecule has 1 aliphatic carbocycles. The lowest BCUT2D eigenvalue weighted by Crippen LogP contribution is -2.44. The lowest BCUT2D eigenvalue weighted by molar-refractivity contribution is -0.00461. The number of H-pyrrole nitrogens is 1. The number of rotatable bonds is 4. The average molecular weight is 358 g/mol. The van der Waals surface area contributed by atoms with Crippen molar-refractivity contribution in [1.29, 1.82) is 0 Å². The van der Waals surface area contributed by atoms with Crippen LogP contribution in [0.15, 0.2) is 18.3 Å². The van der Waals surface area contributed by atoms with E-state index in [1.807, 2.05) is 12.1 Å². The zero-order valence-electron chi connectivity index (χ0n) is 15.1. The Morgan fingerprint density at radius 1 is 1.31 bits per heavy atom. The summed E-state index contributed by atoms with van der Waals surface area (Å²) in [6, 6.07) is 4.00. The number of nitrogens with one attached hydrogen (secondary N) is 2. The number of nitrogens with zero attached hydrogens (tertiary/aromatic N) is 4. The highest BCUT2D eigenvalue weighted by molar-refractivity contribution is 5.53. The number of anilines is 3. The van der Waals surface area contributed by atoms with Gasteiger partial charge >= 0.3 is 0 Å². The van der Waals surface area contributed by atoms with Gasteiger partial charge in [-0.3, -0.25) is 5.10 Å². The minimum absolute atomic E-state index is 0.229. The molecule has 4 rings (SSSR count). The van der Waals surface area contributed by atoms with Crippen molar-refractivity contribution in [3.63, 3.8) is 0 Å². The fourth-order valence-electron chi connectivity index (χ4n) is 3.78. The van der Waals surface area contributed by atoms with Gasteiger partial charge in [0.2, 0.25) is 5.95 Å². The van der Waals surface area contributed by atoms with E-state index in [-0.39, 0.29) is 6.04 Å². The zero-order chi connectivity index (χ0) is 18.0. The van der Waals surface area contributed by atoms with Crippen molar-refractivity contribution in [1.82, 2.24) is 20.2 Å². The molecule has 2 aromatic rings. The molecule has 1 saturated carbocycles. The fraction of sp³-hybridized carbons (Fsp3) is 0.611. The molecule has 8 nitrogen and oxygen atoms in total. The standard InChI is InChI=1S/C18H26N6O2/c1-13-12-26-10-9-24(13)16-11-14(18(25)6-3-2-4-7-18)20-17(22-16)21-15-5-8-19-23-15/h5,8,11,13,25H,2-4,6-7,9-10,12H2,1H3,(H2,19,20,21,22,23)/t13-/m1/s1. The number of aromatic amines is 1. The maximum atomic E-state index is 11.2. The summed E-state index contributed by atoms with van der Waals surface area (Å²) in [5.41, 5.74) is -0.182. The van der Waals surface area contributed by atoms with Gasteiger partial charge in [-0.05, 0) is 19.8 Å². The number of aromatic nitrogens is 4. The van der Waals surface area contributed by atoms with E-state index < -0.39 is 5.60 Å². The van der Waals surface area contributed by atoms with Crippen molar-refractivity contribution >= 4 is 17.6 Å². The summed E-state index contributed by atoms with van der Waals surface area (Å²) < 4.78 is 5.55. The third-order valence-corrected chi connectivity index (χ3v) is 5.28. The maximum absolute atomic E-state index is 11.2. The fourth-order valence-corrected chi connectivity index (χ4v) is 3.78. The van der Waals surface area contributed by atoms with Gasteiger partial charge in [-0.1, -0.05) is 19.3 Å². The van der Waals surface area contributed by atoms with Crippen LogP contribution in [-0.4, -0.2) is 51.1 Å². The number of aliphatic hydroxyl groups is 1. The predicted molar refractivity (Wildman–Crippen MR) is 98.5 cm³/mol. The molecule has 1 aliphatic heterocycles. The Labute approximate surface area is 153 Å². The van der Waals surface area contributed by atoms with Gasteiger partial charge in [-0.15, -0.1) is 0 Å². The van der Waals surface area contributed by atoms with Crippen LogP contribution >= 0.6 is 0 Å². The summed E-state index contributed by atoms with van der Waals surface area (Å²) in [4.78, 5) is 11.6. The van der Waals surface area contributed by atoms with Crippen LogP contribution in [0.2, 0.25) is 0 Å². The van der Waals surface area contributed by atoms with Gasteiger partial charge in [0.05, 0.1) is 31.1 Å². The van der Waals surface area contributed by atoms with Crippen LogP contribution in [0.1, 0.15) is 44.7 Å². The highest BCUT2D eigenvalue weighted by Gasteiger charge is 2.34. The molecule has 0 amide bonds. The summed E-state index contributed by atoms with van der Waals surface area (Å²) >= 11 is 0. The maximum Gasteiger partial charge on any atom is 0.230 e. The second kappa shape index (κ2) is 7.20. The summed E-state index contributed by atoms with van der Waals surface area (Å²) in [5, 5.41) is 21.2. The molecule has 2 aromatic heterocycles. The molecule has 0 radical (unpaired) electrons. The van der Waals surface area contributed by atoms with Gasteiger partial charge in [0, 0.05) is 18.7 Å². The summed E-state index contributed by atoms with van der Waals surface area (Å²) in [7, 11) is 0. The number of morpholine rings is 1. The molecule has 0 unspecified atom stereocenters. The molecule has 0 spiro atoms. The van der Waals surface area contributed by atoms with E-state index in [4.69, 9.17) is 9.72 Å². The molecular weight excluding hydrogens is 332 g/mol. The molecule has 140 valence electrons. The van der Waals surface area contributed by atoms with Crippen molar-refractivity contribution in [2.45, 2.75) is 50.7 Å². The largest absolute Gasteiger partial charge is 0.384 e. The molecule has 3 heterocycles. The lowest BCUT2D eigenvalue weighted by Gasteiger charge is -2.36. The Hall–Kier alpha value is -2.19. The first-order valence-corrected chi connectivity index (χ1v) is 9.37. The first-order chi connectivity index (χ1) is 12.6. The van der Waals surface area contributed by atoms with Gasteiger partial charge in [0.15, 0.2) is 0 Å². The first kappa shape index (κ1) is 17.2. The van der Waals surface area contributed by atoms with Crippen molar-refractivity contribution < 1.29 is 9.84 Å².